The monoisotopic (exact) mass is 346 g/mol. The lowest BCUT2D eigenvalue weighted by atomic mass is 9.73. The molecule has 136 valence electrons. The zero-order valence-electron chi connectivity index (χ0n) is 14.8. The number of piperidine rings is 2. The minimum absolute atomic E-state index is 0.239. The van der Waals surface area contributed by atoms with E-state index in [1.54, 1.807) is 12.1 Å². The average molecular weight is 346 g/mol. The quantitative estimate of drug-likeness (QED) is 0.821. The molecule has 25 heavy (non-hydrogen) atoms. The van der Waals surface area contributed by atoms with Gasteiger partial charge in [0.2, 0.25) is 5.91 Å². The predicted molar refractivity (Wildman–Crippen MR) is 94.0 cm³/mol. The van der Waals surface area contributed by atoms with Crippen LogP contribution in [-0.4, -0.2) is 54.5 Å². The molecule has 0 N–H and O–H groups in total. The van der Waals surface area contributed by atoms with E-state index in [0.29, 0.717) is 18.6 Å². The number of hydrogen-bond acceptors (Lipinski definition) is 3. The highest BCUT2D eigenvalue weighted by molar-refractivity contribution is 5.78. The van der Waals surface area contributed by atoms with E-state index in [0.717, 1.165) is 44.8 Å². The van der Waals surface area contributed by atoms with Crippen LogP contribution in [0.25, 0.3) is 0 Å². The Balaban J connectivity index is 1.30. The van der Waals surface area contributed by atoms with Crippen LogP contribution in [0.4, 0.5) is 4.39 Å². The summed E-state index contributed by atoms with van der Waals surface area (Å²) in [6.07, 6.45) is 6.57. The lowest BCUT2D eigenvalue weighted by molar-refractivity contribution is -0.140. The first kappa shape index (κ1) is 16.8. The number of carbonyl (C=O) groups is 1. The van der Waals surface area contributed by atoms with Crippen molar-refractivity contribution in [3.63, 3.8) is 0 Å². The fraction of sp³-hybridized carbons (Fsp3) is 0.650. The van der Waals surface area contributed by atoms with Crippen molar-refractivity contribution >= 4 is 5.91 Å². The summed E-state index contributed by atoms with van der Waals surface area (Å²) in [6, 6.07) is 6.73. The Morgan fingerprint density at radius 2 is 1.96 bits per heavy atom. The van der Waals surface area contributed by atoms with E-state index in [-0.39, 0.29) is 11.2 Å². The highest BCUT2D eigenvalue weighted by Gasteiger charge is 2.45. The van der Waals surface area contributed by atoms with Crippen LogP contribution in [0.1, 0.15) is 38.5 Å². The maximum absolute atomic E-state index is 12.9. The summed E-state index contributed by atoms with van der Waals surface area (Å²) in [6.45, 7) is 4.62. The zero-order chi connectivity index (χ0) is 17.3. The summed E-state index contributed by atoms with van der Waals surface area (Å²) in [5.74, 6) is 0.846. The van der Waals surface area contributed by atoms with Crippen molar-refractivity contribution < 1.29 is 13.9 Å². The number of amides is 1. The Morgan fingerprint density at radius 3 is 2.72 bits per heavy atom. The molecular formula is C20H27FN2O2. The number of benzene rings is 1. The van der Waals surface area contributed by atoms with E-state index in [4.69, 9.17) is 4.74 Å². The lowest BCUT2D eigenvalue weighted by Crippen LogP contribution is -2.55. The number of carbonyl (C=O) groups excluding carboxylic acids is 1. The van der Waals surface area contributed by atoms with E-state index in [2.05, 4.69) is 9.80 Å². The normalized spacial score (nSPS) is 27.7. The van der Waals surface area contributed by atoms with Crippen LogP contribution in [-0.2, 0) is 4.79 Å². The molecule has 2 heterocycles. The number of halogens is 1. The smallest absolute Gasteiger partial charge is 0.222 e. The summed E-state index contributed by atoms with van der Waals surface area (Å²) >= 11 is 0. The summed E-state index contributed by atoms with van der Waals surface area (Å²) < 4.78 is 18.7. The van der Waals surface area contributed by atoms with Gasteiger partial charge in [0.25, 0.3) is 0 Å². The van der Waals surface area contributed by atoms with Crippen molar-refractivity contribution in [1.82, 2.24) is 9.80 Å². The molecule has 4 rings (SSSR count). The van der Waals surface area contributed by atoms with Crippen LogP contribution in [0.5, 0.6) is 5.75 Å². The van der Waals surface area contributed by atoms with Gasteiger partial charge in [-0.3, -0.25) is 9.69 Å². The molecule has 2 aliphatic heterocycles. The van der Waals surface area contributed by atoms with Gasteiger partial charge in [-0.15, -0.1) is 0 Å². The molecule has 3 fully saturated rings. The Bertz CT molecular complexity index is 617. The molecule has 5 heteroatoms. The molecule has 1 amide bonds. The fourth-order valence-electron chi connectivity index (χ4n) is 4.42. The first-order valence-electron chi connectivity index (χ1n) is 9.54. The van der Waals surface area contributed by atoms with Gasteiger partial charge in [-0.05, 0) is 62.9 Å². The summed E-state index contributed by atoms with van der Waals surface area (Å²) in [5.41, 5.74) is 0.282. The summed E-state index contributed by atoms with van der Waals surface area (Å²) in [7, 11) is 0. The van der Waals surface area contributed by atoms with Crippen molar-refractivity contribution in [1.29, 1.82) is 0 Å². The second kappa shape index (κ2) is 6.94. The summed E-state index contributed by atoms with van der Waals surface area (Å²) in [5, 5.41) is 0. The molecule has 3 aliphatic rings. The third kappa shape index (κ3) is 3.97. The second-order valence-electron chi connectivity index (χ2n) is 7.93. The van der Waals surface area contributed by atoms with Gasteiger partial charge in [-0.1, -0.05) is 0 Å². The number of likely N-dealkylation sites (tertiary alicyclic amines) is 2. The fourth-order valence-corrected chi connectivity index (χ4v) is 4.42. The maximum atomic E-state index is 12.9. The average Bonchev–Trinajstić information content (AvgIpc) is 3.45. The van der Waals surface area contributed by atoms with E-state index in [1.807, 2.05) is 0 Å². The van der Waals surface area contributed by atoms with Crippen molar-refractivity contribution in [3.8, 4) is 5.75 Å². The molecule has 2 saturated heterocycles. The van der Waals surface area contributed by atoms with E-state index >= 15 is 0 Å². The van der Waals surface area contributed by atoms with E-state index in [9.17, 15) is 9.18 Å². The molecule has 0 radical (unpaired) electrons. The molecule has 1 aliphatic carbocycles. The number of nitrogens with zero attached hydrogens (tertiary/aromatic N) is 2. The number of ether oxygens (including phenoxy) is 1. The molecule has 1 atom stereocenters. The molecule has 1 saturated carbocycles. The highest BCUT2D eigenvalue weighted by atomic mass is 19.1. The standard InChI is InChI=1S/C20H27FN2O2/c21-16-2-6-18(7-3-16)25-13-12-22-11-1-9-20(14-22)10-8-19(24)23(15-20)17-4-5-17/h2-3,6-7,17H,1,4-5,8-15H2/t20-/m1/s1. The predicted octanol–water partition coefficient (Wildman–Crippen LogP) is 3.07. The van der Waals surface area contributed by atoms with Crippen molar-refractivity contribution in [2.45, 2.75) is 44.6 Å². The number of hydrogen-bond donors (Lipinski definition) is 0. The Hall–Kier alpha value is -1.62. The minimum Gasteiger partial charge on any atom is -0.492 e. The Labute approximate surface area is 148 Å². The van der Waals surface area contributed by atoms with Crippen LogP contribution in [0.15, 0.2) is 24.3 Å². The Morgan fingerprint density at radius 1 is 1.16 bits per heavy atom. The summed E-state index contributed by atoms with van der Waals surface area (Å²) in [4.78, 5) is 16.9. The van der Waals surface area contributed by atoms with Crippen LogP contribution >= 0.6 is 0 Å². The molecule has 0 bridgehead atoms. The molecule has 1 aromatic carbocycles. The van der Waals surface area contributed by atoms with Gasteiger partial charge in [0, 0.05) is 37.5 Å². The van der Waals surface area contributed by atoms with E-state index < -0.39 is 0 Å². The van der Waals surface area contributed by atoms with Crippen molar-refractivity contribution in [3.05, 3.63) is 30.1 Å². The van der Waals surface area contributed by atoms with Gasteiger partial charge < -0.3 is 9.64 Å². The Kier molecular flexibility index (Phi) is 4.67. The van der Waals surface area contributed by atoms with Crippen LogP contribution in [0.3, 0.4) is 0 Å². The van der Waals surface area contributed by atoms with Crippen LogP contribution < -0.4 is 4.74 Å². The van der Waals surface area contributed by atoms with Gasteiger partial charge in [-0.2, -0.15) is 0 Å². The van der Waals surface area contributed by atoms with Gasteiger partial charge >= 0.3 is 0 Å². The SMILES string of the molecule is O=C1CC[C@@]2(CCCN(CCOc3ccc(F)cc3)C2)CN1C1CC1. The van der Waals surface area contributed by atoms with Gasteiger partial charge in [-0.25, -0.2) is 4.39 Å². The zero-order valence-corrected chi connectivity index (χ0v) is 14.8. The molecule has 1 aromatic rings. The second-order valence-corrected chi connectivity index (χ2v) is 7.93. The maximum Gasteiger partial charge on any atom is 0.222 e. The van der Waals surface area contributed by atoms with Crippen LogP contribution in [0.2, 0.25) is 0 Å². The molecule has 0 unspecified atom stereocenters. The van der Waals surface area contributed by atoms with E-state index in [1.165, 1.54) is 37.8 Å². The minimum atomic E-state index is -0.239. The molecule has 4 nitrogen and oxygen atoms in total. The molecular weight excluding hydrogens is 319 g/mol. The lowest BCUT2D eigenvalue weighted by Gasteiger charge is -2.48. The van der Waals surface area contributed by atoms with Gasteiger partial charge in [0.1, 0.15) is 18.2 Å². The largest absolute Gasteiger partial charge is 0.492 e. The first-order valence-corrected chi connectivity index (χ1v) is 9.54. The third-order valence-electron chi connectivity index (χ3n) is 5.91. The topological polar surface area (TPSA) is 32.8 Å². The third-order valence-corrected chi connectivity index (χ3v) is 5.91. The van der Waals surface area contributed by atoms with Crippen LogP contribution in [0, 0.1) is 11.2 Å². The highest BCUT2D eigenvalue weighted by Crippen LogP contribution is 2.42. The number of rotatable bonds is 5. The van der Waals surface area contributed by atoms with Crippen molar-refractivity contribution in [2.24, 2.45) is 5.41 Å². The van der Waals surface area contributed by atoms with Gasteiger partial charge in [0.15, 0.2) is 0 Å². The van der Waals surface area contributed by atoms with Crippen molar-refractivity contribution in [2.75, 3.05) is 32.8 Å². The van der Waals surface area contributed by atoms with Gasteiger partial charge in [0.05, 0.1) is 0 Å². The molecule has 0 aromatic heterocycles. The molecule has 1 spiro atoms. The first-order chi connectivity index (χ1) is 12.1.